The van der Waals surface area contributed by atoms with Crippen molar-refractivity contribution in [1.82, 2.24) is 0 Å². The van der Waals surface area contributed by atoms with Crippen LogP contribution in [0.4, 0.5) is 0 Å². The van der Waals surface area contributed by atoms with E-state index in [1.54, 1.807) is 0 Å². The molecule has 0 rings (SSSR count). The zero-order valence-corrected chi connectivity index (χ0v) is 10.3. The molecule has 0 saturated heterocycles. The van der Waals surface area contributed by atoms with Gasteiger partial charge < -0.3 is 4.84 Å². The van der Waals surface area contributed by atoms with Gasteiger partial charge in [-0.2, -0.15) is 0 Å². The van der Waals surface area contributed by atoms with Crippen LogP contribution in [-0.4, -0.2) is 32.4 Å². The summed E-state index contributed by atoms with van der Waals surface area (Å²) in [4.78, 5) is 56.2. The van der Waals surface area contributed by atoms with Crippen LogP contribution < -0.4 is 0 Å². The maximum atomic E-state index is 10.3. The van der Waals surface area contributed by atoms with Crippen LogP contribution in [0.2, 0.25) is 0 Å². The minimum atomic E-state index is -3.72. The van der Waals surface area contributed by atoms with Crippen LogP contribution in [-0.2, 0) is 19.4 Å². The van der Waals surface area contributed by atoms with Gasteiger partial charge in [-0.3, -0.25) is 0 Å². The van der Waals surface area contributed by atoms with Crippen molar-refractivity contribution in [3.63, 3.8) is 0 Å². The Bertz CT molecular complexity index is 395. The Morgan fingerprint density at radius 2 is 1.10 bits per heavy atom. The first-order valence-electron chi connectivity index (χ1n) is 4.82. The smallest absolute Gasteiger partial charge is 0.303 e. The lowest BCUT2D eigenvalue weighted by Crippen LogP contribution is -2.57. The quantitative estimate of drug-likeness (QED) is 0.283. The number of rotatable bonds is 10. The van der Waals surface area contributed by atoms with Crippen molar-refractivity contribution in [2.24, 2.45) is 5.92 Å². The van der Waals surface area contributed by atoms with Gasteiger partial charge in [0.1, 0.15) is 0 Å². The van der Waals surface area contributed by atoms with E-state index < -0.39 is 38.3 Å². The van der Waals surface area contributed by atoms with Gasteiger partial charge in [0.25, 0.3) is 20.3 Å². The van der Waals surface area contributed by atoms with E-state index in [0.717, 1.165) is 13.8 Å². The third-order valence-electron chi connectivity index (χ3n) is 1.76. The second-order valence-electron chi connectivity index (χ2n) is 3.54. The summed E-state index contributed by atoms with van der Waals surface area (Å²) in [5.74, 6) is -4.88. The maximum Gasteiger partial charge on any atom is 0.433 e. The van der Waals surface area contributed by atoms with Crippen LogP contribution in [0.25, 0.3) is 0 Å². The molecule has 0 fully saturated rings. The molecular formula is C5H8N4O12. The molecule has 16 heteroatoms. The molecule has 0 aromatic rings. The molecule has 0 amide bonds. The first kappa shape index (κ1) is 17.8. The molecule has 0 spiro atoms. The van der Waals surface area contributed by atoms with E-state index in [9.17, 15) is 40.5 Å². The molecule has 0 saturated carbocycles. The van der Waals surface area contributed by atoms with Gasteiger partial charge in [-0.1, -0.05) is 13.8 Å². The van der Waals surface area contributed by atoms with Crippen molar-refractivity contribution in [3.8, 4) is 0 Å². The first-order valence-corrected chi connectivity index (χ1v) is 4.82. The van der Waals surface area contributed by atoms with Crippen molar-refractivity contribution in [1.29, 1.82) is 0 Å². The highest BCUT2D eigenvalue weighted by molar-refractivity contribution is 4.71. The summed E-state index contributed by atoms with van der Waals surface area (Å²) in [6, 6.07) is 0. The van der Waals surface area contributed by atoms with Crippen molar-refractivity contribution >= 4 is 0 Å². The Kier molecular flexibility index (Phi) is 5.78. The standard InChI is InChI=1S/C5H8N4O12/c1-3(2)4(18-6(10)11)5(19-7(12)13,20-8(14)15)21-9(16)17/h3-4H,1-2H3. The summed E-state index contributed by atoms with van der Waals surface area (Å²) in [7, 11) is 0. The second kappa shape index (κ2) is 6.82. The van der Waals surface area contributed by atoms with Gasteiger partial charge in [0, 0.05) is 0 Å². The van der Waals surface area contributed by atoms with E-state index in [0.29, 0.717) is 0 Å². The molecule has 0 aromatic carbocycles. The van der Waals surface area contributed by atoms with Crippen molar-refractivity contribution in [2.75, 3.05) is 0 Å². The third-order valence-corrected chi connectivity index (χ3v) is 1.76. The highest BCUT2D eigenvalue weighted by Gasteiger charge is 2.55. The van der Waals surface area contributed by atoms with Crippen LogP contribution in [0.1, 0.15) is 13.8 Å². The van der Waals surface area contributed by atoms with Gasteiger partial charge in [0.2, 0.25) is 0 Å². The van der Waals surface area contributed by atoms with Gasteiger partial charge in [-0.25, -0.2) is 14.5 Å². The fourth-order valence-corrected chi connectivity index (χ4v) is 1.20. The zero-order valence-electron chi connectivity index (χ0n) is 10.3. The summed E-state index contributed by atoms with van der Waals surface area (Å²) in [6.07, 6.45) is -2.33. The maximum absolute atomic E-state index is 10.3. The molecule has 0 radical (unpaired) electrons. The Hall–Kier alpha value is -3.20. The second-order valence-corrected chi connectivity index (χ2v) is 3.54. The minimum Gasteiger partial charge on any atom is -0.303 e. The molecule has 1 atom stereocenters. The average Bonchev–Trinajstić information content (AvgIpc) is 2.21. The SMILES string of the molecule is CC(C)C(O[N+](=O)[O-])C(O[N+](=O)[O-])(O[N+](=O)[O-])O[N+](=O)[O-]. The predicted octanol–water partition coefficient (Wildman–Crippen LogP) is -0.502. The molecule has 16 nitrogen and oxygen atoms in total. The molecule has 21 heavy (non-hydrogen) atoms. The third kappa shape index (κ3) is 5.53. The Balaban J connectivity index is 5.85. The fourth-order valence-electron chi connectivity index (χ4n) is 1.20. The molecule has 0 bridgehead atoms. The summed E-state index contributed by atoms with van der Waals surface area (Å²) >= 11 is 0. The summed E-state index contributed by atoms with van der Waals surface area (Å²) in [6.45, 7) is 2.25. The van der Waals surface area contributed by atoms with E-state index >= 15 is 0 Å². The van der Waals surface area contributed by atoms with Crippen molar-refractivity contribution < 1.29 is 39.7 Å². The van der Waals surface area contributed by atoms with E-state index in [-0.39, 0.29) is 0 Å². The van der Waals surface area contributed by atoms with Gasteiger partial charge in [0.15, 0.2) is 6.10 Å². The molecule has 0 N–H and O–H groups in total. The largest absolute Gasteiger partial charge is 0.433 e. The first-order chi connectivity index (χ1) is 9.50. The van der Waals surface area contributed by atoms with Crippen LogP contribution in [0.3, 0.4) is 0 Å². The van der Waals surface area contributed by atoms with Crippen LogP contribution in [0.5, 0.6) is 0 Å². The van der Waals surface area contributed by atoms with E-state index in [1.165, 1.54) is 0 Å². The summed E-state index contributed by atoms with van der Waals surface area (Å²) in [5, 5.41) is 34.7. The normalized spacial score (nSPS) is 12.1. The van der Waals surface area contributed by atoms with Gasteiger partial charge in [-0.05, 0) is 5.92 Å². The molecule has 0 heterocycles. The number of hydrogen-bond acceptors (Lipinski definition) is 12. The fraction of sp³-hybridized carbons (Fsp3) is 1.00. The van der Waals surface area contributed by atoms with Crippen LogP contribution in [0, 0.1) is 46.4 Å². The average molecular weight is 316 g/mol. The Morgan fingerprint density at radius 1 is 0.762 bits per heavy atom. The van der Waals surface area contributed by atoms with Crippen LogP contribution in [0.15, 0.2) is 0 Å². The van der Waals surface area contributed by atoms with E-state index in [2.05, 4.69) is 19.4 Å². The summed E-state index contributed by atoms with van der Waals surface area (Å²) < 4.78 is 0. The molecule has 0 aliphatic rings. The lowest BCUT2D eigenvalue weighted by atomic mass is 10.1. The monoisotopic (exact) mass is 316 g/mol. The highest BCUT2D eigenvalue weighted by Crippen LogP contribution is 2.29. The topological polar surface area (TPSA) is 209 Å². The molecular weight excluding hydrogens is 308 g/mol. The molecule has 1 unspecified atom stereocenters. The Morgan fingerprint density at radius 3 is 1.29 bits per heavy atom. The summed E-state index contributed by atoms with van der Waals surface area (Å²) in [5.41, 5.74) is 0. The lowest BCUT2D eigenvalue weighted by Gasteiger charge is -2.33. The van der Waals surface area contributed by atoms with Gasteiger partial charge in [-0.15, -0.1) is 40.5 Å². The minimum absolute atomic E-state index is 1.12. The van der Waals surface area contributed by atoms with E-state index in [1.807, 2.05) is 0 Å². The molecule has 120 valence electrons. The predicted molar refractivity (Wildman–Crippen MR) is 53.7 cm³/mol. The lowest BCUT2D eigenvalue weighted by molar-refractivity contribution is -0.968. The Labute approximate surface area is 113 Å². The molecule has 0 aliphatic heterocycles. The van der Waals surface area contributed by atoms with Gasteiger partial charge >= 0.3 is 5.97 Å². The number of hydrogen-bond donors (Lipinski definition) is 0. The number of nitrogens with zero attached hydrogens (tertiary/aromatic N) is 4. The van der Waals surface area contributed by atoms with Crippen LogP contribution >= 0.6 is 0 Å². The highest BCUT2D eigenvalue weighted by atomic mass is 17.2. The van der Waals surface area contributed by atoms with Crippen molar-refractivity contribution in [2.45, 2.75) is 25.9 Å². The van der Waals surface area contributed by atoms with Crippen molar-refractivity contribution in [3.05, 3.63) is 40.5 Å². The van der Waals surface area contributed by atoms with Gasteiger partial charge in [0.05, 0.1) is 0 Å². The molecule has 0 aliphatic carbocycles. The molecule has 0 aromatic heterocycles. The zero-order chi connectivity index (χ0) is 16.8. The van der Waals surface area contributed by atoms with E-state index in [4.69, 9.17) is 0 Å².